The van der Waals surface area contributed by atoms with E-state index in [2.05, 4.69) is 45.0 Å². The maximum absolute atomic E-state index is 11.2. The van der Waals surface area contributed by atoms with E-state index in [1.807, 2.05) is 13.0 Å². The standard InChI is InChI=1S/C18H30O2Si/c1-5-21(6-2,7-3)20-18(16(4)15-19)14-13-17-11-9-8-10-12-17/h8-12,15-16,18H,5-7,13-14H2,1-4H3/t16-,18+/m0/s1. The molecule has 0 amide bonds. The van der Waals surface area contributed by atoms with E-state index in [1.54, 1.807) is 0 Å². The Bertz CT molecular complexity index is 393. The Morgan fingerprint density at radius 2 is 1.67 bits per heavy atom. The molecule has 0 saturated carbocycles. The zero-order valence-electron chi connectivity index (χ0n) is 14.0. The summed E-state index contributed by atoms with van der Waals surface area (Å²) in [5.41, 5.74) is 1.32. The molecule has 0 N–H and O–H groups in total. The SMILES string of the molecule is CC[Si](CC)(CC)O[C@H](CCc1ccccc1)[C@@H](C)C=O. The van der Waals surface area contributed by atoms with Crippen LogP contribution in [-0.4, -0.2) is 20.7 Å². The Hall–Kier alpha value is -0.933. The number of aryl methyl sites for hydroxylation is 1. The zero-order valence-corrected chi connectivity index (χ0v) is 15.0. The Balaban J connectivity index is 2.74. The molecule has 2 nitrogen and oxygen atoms in total. The van der Waals surface area contributed by atoms with Crippen LogP contribution in [0.25, 0.3) is 0 Å². The largest absolute Gasteiger partial charge is 0.413 e. The van der Waals surface area contributed by atoms with Gasteiger partial charge < -0.3 is 9.22 Å². The van der Waals surface area contributed by atoms with E-state index in [9.17, 15) is 4.79 Å². The lowest BCUT2D eigenvalue weighted by atomic mass is 9.99. The van der Waals surface area contributed by atoms with Gasteiger partial charge in [-0.25, -0.2) is 0 Å². The molecule has 0 spiro atoms. The predicted octanol–water partition coefficient (Wildman–Crippen LogP) is 4.84. The molecule has 1 rings (SSSR count). The molecule has 0 aliphatic carbocycles. The molecule has 0 fully saturated rings. The first kappa shape index (κ1) is 18.1. The lowest BCUT2D eigenvalue weighted by Gasteiger charge is -2.35. The van der Waals surface area contributed by atoms with Crippen molar-refractivity contribution in [3.63, 3.8) is 0 Å². The third-order valence-electron chi connectivity index (χ3n) is 4.70. The summed E-state index contributed by atoms with van der Waals surface area (Å²) in [5, 5.41) is 0. The normalized spacial score (nSPS) is 14.7. The van der Waals surface area contributed by atoms with Crippen molar-refractivity contribution in [3.8, 4) is 0 Å². The number of benzene rings is 1. The number of rotatable bonds is 10. The molecular formula is C18H30O2Si. The Morgan fingerprint density at radius 3 is 2.14 bits per heavy atom. The molecule has 1 aromatic rings. The number of carbonyl (C=O) groups is 1. The topological polar surface area (TPSA) is 26.3 Å². The molecule has 21 heavy (non-hydrogen) atoms. The molecule has 0 aliphatic heterocycles. The highest BCUT2D eigenvalue weighted by molar-refractivity contribution is 6.73. The van der Waals surface area contributed by atoms with Gasteiger partial charge in [0, 0.05) is 5.92 Å². The monoisotopic (exact) mass is 306 g/mol. The minimum Gasteiger partial charge on any atom is -0.413 e. The summed E-state index contributed by atoms with van der Waals surface area (Å²) >= 11 is 0. The van der Waals surface area contributed by atoms with Gasteiger partial charge in [0.25, 0.3) is 0 Å². The third-order valence-corrected chi connectivity index (χ3v) is 9.36. The third kappa shape index (κ3) is 5.40. The minimum absolute atomic E-state index is 0.0229. The van der Waals surface area contributed by atoms with Crippen LogP contribution >= 0.6 is 0 Å². The lowest BCUT2D eigenvalue weighted by molar-refractivity contribution is -0.113. The fourth-order valence-corrected chi connectivity index (χ4v) is 5.77. The molecule has 3 heteroatoms. The van der Waals surface area contributed by atoms with Crippen LogP contribution in [0.15, 0.2) is 30.3 Å². The maximum Gasteiger partial charge on any atom is 0.192 e. The molecule has 0 saturated heterocycles. The Kier molecular flexibility index (Phi) is 7.90. The van der Waals surface area contributed by atoms with Crippen molar-refractivity contribution in [1.29, 1.82) is 0 Å². The second kappa shape index (κ2) is 9.16. The van der Waals surface area contributed by atoms with Crippen molar-refractivity contribution < 1.29 is 9.22 Å². The first-order valence-corrected chi connectivity index (χ1v) is 10.8. The van der Waals surface area contributed by atoms with Gasteiger partial charge in [-0.15, -0.1) is 0 Å². The van der Waals surface area contributed by atoms with Crippen LogP contribution in [0.2, 0.25) is 18.1 Å². The van der Waals surface area contributed by atoms with E-state index in [0.29, 0.717) is 0 Å². The molecule has 0 unspecified atom stereocenters. The van der Waals surface area contributed by atoms with Crippen LogP contribution in [0.4, 0.5) is 0 Å². The molecule has 0 heterocycles. The molecule has 118 valence electrons. The van der Waals surface area contributed by atoms with Gasteiger partial charge in [-0.2, -0.15) is 0 Å². The van der Waals surface area contributed by atoms with E-state index in [4.69, 9.17) is 4.43 Å². The van der Waals surface area contributed by atoms with Gasteiger partial charge in [-0.1, -0.05) is 58.0 Å². The van der Waals surface area contributed by atoms with Gasteiger partial charge in [0.2, 0.25) is 0 Å². The van der Waals surface area contributed by atoms with Crippen molar-refractivity contribution in [2.45, 2.75) is 64.8 Å². The van der Waals surface area contributed by atoms with Gasteiger partial charge in [-0.3, -0.25) is 0 Å². The number of hydrogen-bond donors (Lipinski definition) is 0. The highest BCUT2D eigenvalue weighted by Crippen LogP contribution is 2.27. The van der Waals surface area contributed by atoms with Crippen LogP contribution in [-0.2, 0) is 15.6 Å². The highest BCUT2D eigenvalue weighted by Gasteiger charge is 2.33. The smallest absolute Gasteiger partial charge is 0.192 e. The Labute approximate surface area is 131 Å². The van der Waals surface area contributed by atoms with Crippen molar-refractivity contribution in [3.05, 3.63) is 35.9 Å². The van der Waals surface area contributed by atoms with Gasteiger partial charge >= 0.3 is 0 Å². The molecule has 0 radical (unpaired) electrons. The number of carbonyl (C=O) groups excluding carboxylic acids is 1. The van der Waals surface area contributed by atoms with E-state index in [1.165, 1.54) is 5.56 Å². The van der Waals surface area contributed by atoms with Crippen LogP contribution in [0.1, 0.15) is 39.7 Å². The van der Waals surface area contributed by atoms with Crippen LogP contribution in [0.5, 0.6) is 0 Å². The Morgan fingerprint density at radius 1 is 1.10 bits per heavy atom. The lowest BCUT2D eigenvalue weighted by Crippen LogP contribution is -2.42. The first-order valence-electron chi connectivity index (χ1n) is 8.27. The summed E-state index contributed by atoms with van der Waals surface area (Å²) < 4.78 is 6.57. The summed E-state index contributed by atoms with van der Waals surface area (Å²) in [7, 11) is -1.66. The predicted molar refractivity (Wildman–Crippen MR) is 92.1 cm³/mol. The second-order valence-electron chi connectivity index (χ2n) is 5.92. The number of aldehydes is 1. The molecule has 1 aromatic carbocycles. The fourth-order valence-electron chi connectivity index (χ4n) is 2.79. The van der Waals surface area contributed by atoms with Gasteiger partial charge in [0.05, 0.1) is 6.10 Å². The van der Waals surface area contributed by atoms with Crippen LogP contribution < -0.4 is 0 Å². The summed E-state index contributed by atoms with van der Waals surface area (Å²) in [5.74, 6) is -0.0229. The van der Waals surface area contributed by atoms with Crippen molar-refractivity contribution in [2.75, 3.05) is 0 Å². The average molecular weight is 307 g/mol. The summed E-state index contributed by atoms with van der Waals surface area (Å²) in [6.45, 7) is 8.69. The quantitative estimate of drug-likeness (QED) is 0.456. The van der Waals surface area contributed by atoms with Gasteiger partial charge in [-0.05, 0) is 36.5 Å². The van der Waals surface area contributed by atoms with Crippen molar-refractivity contribution in [1.82, 2.24) is 0 Å². The molecule has 2 atom stereocenters. The fraction of sp³-hybridized carbons (Fsp3) is 0.611. The van der Waals surface area contributed by atoms with E-state index in [0.717, 1.165) is 37.3 Å². The van der Waals surface area contributed by atoms with Gasteiger partial charge in [0.1, 0.15) is 6.29 Å². The van der Waals surface area contributed by atoms with E-state index >= 15 is 0 Å². The van der Waals surface area contributed by atoms with E-state index in [-0.39, 0.29) is 12.0 Å². The molecular weight excluding hydrogens is 276 g/mol. The summed E-state index contributed by atoms with van der Waals surface area (Å²) in [6.07, 6.45) is 3.02. The minimum atomic E-state index is -1.66. The molecule has 0 aliphatic rings. The van der Waals surface area contributed by atoms with Crippen LogP contribution in [0, 0.1) is 5.92 Å². The average Bonchev–Trinajstić information content (AvgIpc) is 2.56. The first-order chi connectivity index (χ1) is 10.1. The van der Waals surface area contributed by atoms with Crippen LogP contribution in [0.3, 0.4) is 0 Å². The summed E-state index contributed by atoms with van der Waals surface area (Å²) in [6, 6.07) is 13.9. The highest BCUT2D eigenvalue weighted by atomic mass is 28.4. The van der Waals surface area contributed by atoms with Crippen molar-refractivity contribution >= 4 is 14.6 Å². The second-order valence-corrected chi connectivity index (χ2v) is 10.6. The summed E-state index contributed by atoms with van der Waals surface area (Å²) in [4.78, 5) is 11.2. The van der Waals surface area contributed by atoms with E-state index < -0.39 is 8.32 Å². The zero-order chi connectivity index (χ0) is 15.7. The van der Waals surface area contributed by atoms with Gasteiger partial charge in [0.15, 0.2) is 8.32 Å². The molecule has 0 bridgehead atoms. The molecule has 0 aromatic heterocycles. The number of hydrogen-bond acceptors (Lipinski definition) is 2. The maximum atomic E-state index is 11.2. The van der Waals surface area contributed by atoms with Crippen molar-refractivity contribution in [2.24, 2.45) is 5.92 Å².